The summed E-state index contributed by atoms with van der Waals surface area (Å²) >= 11 is 0. The molecule has 2 rings (SSSR count). The average molecular weight is 403 g/mol. The van der Waals surface area contributed by atoms with Crippen molar-refractivity contribution in [2.75, 3.05) is 19.9 Å². The standard InChI is InChI=1S/C20H25N3O6/c1-5-22(6-2)23(26)21-28-13-27-20(25)14(3)16-7-8-18-12-19(29-15(4)24)10-9-17(18)11-16/h7-12,14H,5-6,13H2,1-4H3/b23-21-. The molecule has 0 bridgehead atoms. The normalized spacial score (nSPS) is 12.3. The van der Waals surface area contributed by atoms with E-state index in [1.165, 1.54) is 11.9 Å². The first-order chi connectivity index (χ1) is 13.8. The lowest BCUT2D eigenvalue weighted by atomic mass is 9.98. The summed E-state index contributed by atoms with van der Waals surface area (Å²) in [7, 11) is 0. The minimum atomic E-state index is -0.540. The molecule has 0 saturated carbocycles. The van der Waals surface area contributed by atoms with Crippen LogP contribution in [0.3, 0.4) is 0 Å². The van der Waals surface area contributed by atoms with Crippen molar-refractivity contribution >= 4 is 22.7 Å². The van der Waals surface area contributed by atoms with Gasteiger partial charge in [0.1, 0.15) is 5.75 Å². The second-order valence-electron chi connectivity index (χ2n) is 6.27. The Morgan fingerprint density at radius 3 is 2.45 bits per heavy atom. The molecule has 0 radical (unpaired) electrons. The van der Waals surface area contributed by atoms with Crippen LogP contribution < -0.4 is 4.74 Å². The molecule has 0 aliphatic rings. The van der Waals surface area contributed by atoms with E-state index in [9.17, 15) is 14.8 Å². The van der Waals surface area contributed by atoms with E-state index in [1.54, 1.807) is 25.1 Å². The number of rotatable bonds is 9. The van der Waals surface area contributed by atoms with Crippen molar-refractivity contribution in [3.8, 4) is 5.75 Å². The van der Waals surface area contributed by atoms with E-state index >= 15 is 0 Å². The van der Waals surface area contributed by atoms with E-state index in [4.69, 9.17) is 14.3 Å². The molecule has 2 aromatic rings. The van der Waals surface area contributed by atoms with Crippen LogP contribution in [0, 0.1) is 5.21 Å². The predicted molar refractivity (Wildman–Crippen MR) is 105 cm³/mol. The van der Waals surface area contributed by atoms with Crippen LogP contribution in [-0.2, 0) is 19.2 Å². The maximum atomic E-state index is 12.2. The molecule has 0 aliphatic heterocycles. The summed E-state index contributed by atoms with van der Waals surface area (Å²) in [6.07, 6.45) is 0. The summed E-state index contributed by atoms with van der Waals surface area (Å²) in [5.41, 5.74) is 0.758. The van der Waals surface area contributed by atoms with E-state index in [-0.39, 0.29) is 5.97 Å². The molecule has 2 aromatic carbocycles. The highest BCUT2D eigenvalue weighted by Gasteiger charge is 2.18. The van der Waals surface area contributed by atoms with Crippen LogP contribution in [0.2, 0.25) is 0 Å². The van der Waals surface area contributed by atoms with Crippen LogP contribution in [0.4, 0.5) is 0 Å². The lowest BCUT2D eigenvalue weighted by Gasteiger charge is -2.14. The molecule has 0 saturated heterocycles. The number of ether oxygens (including phenoxy) is 2. The third kappa shape index (κ3) is 6.06. The molecule has 0 amide bonds. The zero-order valence-electron chi connectivity index (χ0n) is 17.0. The van der Waals surface area contributed by atoms with Gasteiger partial charge in [-0.05, 0) is 49.2 Å². The predicted octanol–water partition coefficient (Wildman–Crippen LogP) is 3.52. The van der Waals surface area contributed by atoms with Gasteiger partial charge in [0.2, 0.25) is 5.28 Å². The minimum Gasteiger partial charge on any atom is -0.569 e. The van der Waals surface area contributed by atoms with Gasteiger partial charge in [-0.1, -0.05) is 24.3 Å². The Labute approximate surface area is 169 Å². The van der Waals surface area contributed by atoms with Crippen molar-refractivity contribution in [3.05, 3.63) is 47.2 Å². The number of nitrogens with zero attached hydrogens (tertiary/aromatic N) is 3. The van der Waals surface area contributed by atoms with E-state index in [1.807, 2.05) is 32.0 Å². The number of carbonyl (C=O) groups is 2. The molecule has 156 valence electrons. The Bertz CT molecular complexity index is 895. The van der Waals surface area contributed by atoms with E-state index < -0.39 is 18.7 Å². The summed E-state index contributed by atoms with van der Waals surface area (Å²) in [4.78, 5) is 28.4. The highest BCUT2D eigenvalue weighted by atomic mass is 16.8. The smallest absolute Gasteiger partial charge is 0.316 e. The molecular formula is C20H25N3O6. The second-order valence-corrected chi connectivity index (χ2v) is 6.27. The molecule has 9 heteroatoms. The zero-order chi connectivity index (χ0) is 21.4. The van der Waals surface area contributed by atoms with Gasteiger partial charge in [0.25, 0.3) is 6.79 Å². The Kier molecular flexibility index (Phi) is 7.76. The highest BCUT2D eigenvalue weighted by Crippen LogP contribution is 2.26. The summed E-state index contributed by atoms with van der Waals surface area (Å²) in [5, 5.41) is 18.1. The number of hydrogen-bond donors (Lipinski definition) is 0. The van der Waals surface area contributed by atoms with Crippen molar-refractivity contribution in [2.24, 2.45) is 5.28 Å². The van der Waals surface area contributed by atoms with Gasteiger partial charge in [-0.2, -0.15) is 0 Å². The molecule has 9 nitrogen and oxygen atoms in total. The first-order valence-corrected chi connectivity index (χ1v) is 9.29. The van der Waals surface area contributed by atoms with Crippen molar-refractivity contribution < 1.29 is 28.9 Å². The number of esters is 2. The molecule has 0 N–H and O–H groups in total. The fourth-order valence-electron chi connectivity index (χ4n) is 2.68. The quantitative estimate of drug-likeness (QED) is 0.120. The number of hydrazine groups is 1. The topological polar surface area (TPSA) is 104 Å². The van der Waals surface area contributed by atoms with Gasteiger partial charge >= 0.3 is 11.9 Å². The van der Waals surface area contributed by atoms with Crippen LogP contribution in [0.25, 0.3) is 10.8 Å². The number of carbonyl (C=O) groups excluding carboxylic acids is 2. The van der Waals surface area contributed by atoms with Gasteiger partial charge in [0, 0.05) is 6.92 Å². The fourth-order valence-corrected chi connectivity index (χ4v) is 2.68. The van der Waals surface area contributed by atoms with Gasteiger partial charge in [-0.3, -0.25) is 9.59 Å². The molecule has 0 heterocycles. The number of fused-ring (bicyclic) bond motifs is 1. The summed E-state index contributed by atoms with van der Waals surface area (Å²) in [6, 6.07) is 10.8. The summed E-state index contributed by atoms with van der Waals surface area (Å²) in [5.74, 6) is -0.967. The minimum absolute atomic E-state index is 0.324. The Hall–Kier alpha value is -3.36. The summed E-state index contributed by atoms with van der Waals surface area (Å²) < 4.78 is 10.1. The average Bonchev–Trinajstić information content (AvgIpc) is 2.70. The van der Waals surface area contributed by atoms with E-state index in [0.29, 0.717) is 23.8 Å². The first kappa shape index (κ1) is 21.9. The van der Waals surface area contributed by atoms with E-state index in [2.05, 4.69) is 5.28 Å². The van der Waals surface area contributed by atoms with Crippen LogP contribution in [-0.4, -0.2) is 41.8 Å². The SMILES string of the molecule is CCN(CC)/[N+]([O-])=N/OCOC(=O)C(C)c1ccc2cc(OC(C)=O)ccc2c1. The lowest BCUT2D eigenvalue weighted by Crippen LogP contribution is -2.30. The second kappa shape index (κ2) is 10.3. The van der Waals surface area contributed by atoms with Crippen LogP contribution >= 0.6 is 0 Å². The molecule has 29 heavy (non-hydrogen) atoms. The third-order valence-corrected chi connectivity index (χ3v) is 4.30. The van der Waals surface area contributed by atoms with Gasteiger partial charge < -0.3 is 19.5 Å². The molecule has 1 atom stereocenters. The van der Waals surface area contributed by atoms with E-state index in [0.717, 1.165) is 16.3 Å². The highest BCUT2D eigenvalue weighted by molar-refractivity contribution is 5.87. The summed E-state index contributed by atoms with van der Waals surface area (Å²) in [6.45, 7) is 7.18. The van der Waals surface area contributed by atoms with Crippen molar-refractivity contribution in [1.82, 2.24) is 5.01 Å². The third-order valence-electron chi connectivity index (χ3n) is 4.30. The zero-order valence-corrected chi connectivity index (χ0v) is 17.0. The largest absolute Gasteiger partial charge is 0.569 e. The van der Waals surface area contributed by atoms with Gasteiger partial charge in [-0.15, -0.1) is 5.01 Å². The molecule has 0 spiro atoms. The van der Waals surface area contributed by atoms with Crippen LogP contribution in [0.5, 0.6) is 5.75 Å². The maximum Gasteiger partial charge on any atom is 0.316 e. The Morgan fingerprint density at radius 1 is 1.14 bits per heavy atom. The van der Waals surface area contributed by atoms with Crippen LogP contribution in [0.1, 0.15) is 39.2 Å². The van der Waals surface area contributed by atoms with Crippen molar-refractivity contribution in [2.45, 2.75) is 33.6 Å². The van der Waals surface area contributed by atoms with Gasteiger partial charge in [0.15, 0.2) is 0 Å². The Balaban J connectivity index is 1.97. The van der Waals surface area contributed by atoms with Crippen molar-refractivity contribution in [1.29, 1.82) is 0 Å². The molecule has 0 aromatic heterocycles. The number of benzene rings is 2. The first-order valence-electron chi connectivity index (χ1n) is 9.29. The molecular weight excluding hydrogens is 378 g/mol. The Morgan fingerprint density at radius 2 is 1.79 bits per heavy atom. The molecule has 0 fully saturated rings. The monoisotopic (exact) mass is 403 g/mol. The van der Waals surface area contributed by atoms with Gasteiger partial charge in [0.05, 0.1) is 24.0 Å². The fraction of sp³-hybridized carbons (Fsp3) is 0.400. The van der Waals surface area contributed by atoms with Gasteiger partial charge in [-0.25, -0.2) is 0 Å². The van der Waals surface area contributed by atoms with Crippen molar-refractivity contribution in [3.63, 3.8) is 0 Å². The molecule has 0 aliphatic carbocycles. The maximum absolute atomic E-state index is 12.2. The lowest BCUT2D eigenvalue weighted by molar-refractivity contribution is -0.710. The number of hydrogen-bond acceptors (Lipinski definition) is 7. The molecule has 1 unspecified atom stereocenters. The van der Waals surface area contributed by atoms with Crippen LogP contribution in [0.15, 0.2) is 41.7 Å².